The number of hydrogen-bond donors (Lipinski definition) is 3. The Morgan fingerprint density at radius 2 is 1.90 bits per heavy atom. The fourth-order valence-electron chi connectivity index (χ4n) is 2.82. The SMILES string of the molecule is Cc1cc(Br)cnc1N1CCN(C)CC1.N/N=C\N(N)c1ccc(NC=S)cc1. The minimum atomic E-state index is 0.786. The first-order valence-corrected chi connectivity index (χ1v) is 10.3. The number of pyridine rings is 1. The number of aryl methyl sites for hydroxylation is 1. The summed E-state index contributed by atoms with van der Waals surface area (Å²) in [7, 11) is 2.17. The lowest BCUT2D eigenvalue weighted by Gasteiger charge is -2.33. The largest absolute Gasteiger partial charge is 0.354 e. The summed E-state index contributed by atoms with van der Waals surface area (Å²) in [6, 6.07) is 9.47. The topological polar surface area (TPSA) is 99.0 Å². The molecule has 5 N–H and O–H groups in total. The Morgan fingerprint density at radius 3 is 2.45 bits per heavy atom. The van der Waals surface area contributed by atoms with Crippen molar-refractivity contribution in [2.24, 2.45) is 16.8 Å². The van der Waals surface area contributed by atoms with Gasteiger partial charge in [-0.1, -0.05) is 12.2 Å². The number of nitrogens with two attached hydrogens (primary N) is 2. The highest BCUT2D eigenvalue weighted by Gasteiger charge is 2.16. The van der Waals surface area contributed by atoms with Gasteiger partial charge >= 0.3 is 0 Å². The normalized spacial score (nSPS) is 14.3. The van der Waals surface area contributed by atoms with Crippen LogP contribution in [0.4, 0.5) is 17.2 Å². The van der Waals surface area contributed by atoms with Crippen LogP contribution in [0.15, 0.2) is 46.1 Å². The molecule has 0 spiro atoms. The van der Waals surface area contributed by atoms with Crippen LogP contribution < -0.4 is 26.9 Å². The second-order valence-corrected chi connectivity index (χ2v) is 7.72. The molecule has 1 saturated heterocycles. The Labute approximate surface area is 185 Å². The molecule has 29 heavy (non-hydrogen) atoms. The Morgan fingerprint density at radius 1 is 1.24 bits per heavy atom. The number of hydrogen-bond acceptors (Lipinski definition) is 7. The third-order valence-corrected chi connectivity index (χ3v) is 4.95. The molecule has 3 rings (SSSR count). The van der Waals surface area contributed by atoms with Crippen LogP contribution in [-0.2, 0) is 0 Å². The smallest absolute Gasteiger partial charge is 0.131 e. The van der Waals surface area contributed by atoms with Crippen LogP contribution in [0.2, 0.25) is 0 Å². The van der Waals surface area contributed by atoms with Gasteiger partial charge in [0.05, 0.1) is 11.2 Å². The van der Waals surface area contributed by atoms with Crippen molar-refractivity contribution in [2.75, 3.05) is 48.5 Å². The molecule has 0 bridgehead atoms. The van der Waals surface area contributed by atoms with E-state index in [0.717, 1.165) is 47.8 Å². The zero-order valence-corrected chi connectivity index (χ0v) is 19.0. The highest BCUT2D eigenvalue weighted by Crippen LogP contribution is 2.21. The predicted molar refractivity (Wildman–Crippen MR) is 129 cm³/mol. The zero-order chi connectivity index (χ0) is 21.2. The van der Waals surface area contributed by atoms with Crippen LogP contribution in [0.5, 0.6) is 0 Å². The fraction of sp³-hybridized carbons (Fsp3) is 0.316. The van der Waals surface area contributed by atoms with Gasteiger partial charge < -0.3 is 21.0 Å². The molecule has 1 aliphatic rings. The average molecular weight is 479 g/mol. The molecule has 1 aliphatic heterocycles. The quantitative estimate of drug-likeness (QED) is 0.198. The van der Waals surface area contributed by atoms with E-state index in [4.69, 9.17) is 11.7 Å². The number of rotatable bonds is 5. The van der Waals surface area contributed by atoms with E-state index in [2.05, 4.69) is 73.4 Å². The molecule has 0 aliphatic carbocycles. The Bertz CT molecular complexity index is 806. The maximum absolute atomic E-state index is 5.58. The number of hydrazone groups is 1. The van der Waals surface area contributed by atoms with E-state index in [0.29, 0.717) is 0 Å². The predicted octanol–water partition coefficient (Wildman–Crippen LogP) is 2.54. The van der Waals surface area contributed by atoms with Crippen molar-refractivity contribution in [3.63, 3.8) is 0 Å². The van der Waals surface area contributed by atoms with Gasteiger partial charge in [0, 0.05) is 42.5 Å². The molecule has 10 heteroatoms. The van der Waals surface area contributed by atoms with Gasteiger partial charge in [0.2, 0.25) is 0 Å². The van der Waals surface area contributed by atoms with Crippen LogP contribution >= 0.6 is 28.1 Å². The van der Waals surface area contributed by atoms with Gasteiger partial charge in [-0.05, 0) is 65.8 Å². The second-order valence-electron chi connectivity index (χ2n) is 6.57. The molecular weight excluding hydrogens is 452 g/mol. The number of nitrogens with one attached hydrogen (secondary N) is 1. The summed E-state index contributed by atoms with van der Waals surface area (Å²) in [5.41, 5.74) is 4.38. The van der Waals surface area contributed by atoms with Crippen molar-refractivity contribution in [3.8, 4) is 0 Å². The van der Waals surface area contributed by atoms with Gasteiger partial charge in [-0.25, -0.2) is 10.8 Å². The van der Waals surface area contributed by atoms with Gasteiger partial charge in [-0.15, -0.1) is 0 Å². The minimum absolute atomic E-state index is 0.786. The summed E-state index contributed by atoms with van der Waals surface area (Å²) in [4.78, 5) is 9.20. The molecule has 2 heterocycles. The van der Waals surface area contributed by atoms with Crippen molar-refractivity contribution in [1.29, 1.82) is 0 Å². The summed E-state index contributed by atoms with van der Waals surface area (Å²) in [6.45, 7) is 6.51. The van der Waals surface area contributed by atoms with Crippen molar-refractivity contribution in [2.45, 2.75) is 6.92 Å². The Hall–Kier alpha value is -2.27. The molecule has 1 aromatic carbocycles. The first-order valence-electron chi connectivity index (χ1n) is 9.07. The third kappa shape index (κ3) is 7.24. The summed E-state index contributed by atoms with van der Waals surface area (Å²) < 4.78 is 1.05. The monoisotopic (exact) mass is 478 g/mol. The number of nitrogens with zero attached hydrogens (tertiary/aromatic N) is 5. The maximum atomic E-state index is 5.58. The number of aromatic nitrogens is 1. The van der Waals surface area contributed by atoms with Crippen LogP contribution in [0.25, 0.3) is 0 Å². The summed E-state index contributed by atoms with van der Waals surface area (Å²) >= 11 is 8.09. The number of likely N-dealkylation sites (N-methyl/N-ethyl adjacent to an activating group) is 1. The highest BCUT2D eigenvalue weighted by atomic mass is 79.9. The van der Waals surface area contributed by atoms with E-state index in [1.807, 2.05) is 30.5 Å². The number of benzene rings is 1. The van der Waals surface area contributed by atoms with Crippen LogP contribution in [0, 0.1) is 6.92 Å². The highest BCUT2D eigenvalue weighted by molar-refractivity contribution is 9.10. The van der Waals surface area contributed by atoms with E-state index in [-0.39, 0.29) is 0 Å². The molecule has 2 aromatic rings. The van der Waals surface area contributed by atoms with Crippen LogP contribution in [-0.4, -0.2) is 54.9 Å². The van der Waals surface area contributed by atoms with Gasteiger partial charge in [-0.3, -0.25) is 5.01 Å². The first kappa shape index (κ1) is 23.0. The van der Waals surface area contributed by atoms with Gasteiger partial charge in [0.15, 0.2) is 0 Å². The molecule has 1 fully saturated rings. The van der Waals surface area contributed by atoms with E-state index in [1.54, 1.807) is 0 Å². The van der Waals surface area contributed by atoms with E-state index < -0.39 is 0 Å². The molecule has 8 nitrogen and oxygen atoms in total. The van der Waals surface area contributed by atoms with Gasteiger partial charge in [-0.2, -0.15) is 5.10 Å². The van der Waals surface area contributed by atoms with Crippen LogP contribution in [0.3, 0.4) is 0 Å². The number of hydrazine groups is 1. The maximum Gasteiger partial charge on any atom is 0.131 e. The number of halogens is 1. The molecule has 0 radical (unpaired) electrons. The first-order chi connectivity index (χ1) is 13.9. The number of thiocarbonyl (C=S) groups is 1. The van der Waals surface area contributed by atoms with Crippen molar-refractivity contribution >= 4 is 57.2 Å². The second kappa shape index (κ2) is 11.7. The number of piperazine rings is 1. The van der Waals surface area contributed by atoms with Crippen LogP contribution in [0.1, 0.15) is 5.56 Å². The minimum Gasteiger partial charge on any atom is -0.354 e. The Balaban J connectivity index is 0.000000208. The lowest BCUT2D eigenvalue weighted by molar-refractivity contribution is 0.312. The average Bonchev–Trinajstić information content (AvgIpc) is 2.70. The number of anilines is 3. The van der Waals surface area contributed by atoms with Crippen molar-refractivity contribution < 1.29 is 0 Å². The molecule has 0 unspecified atom stereocenters. The zero-order valence-electron chi connectivity index (χ0n) is 16.6. The van der Waals surface area contributed by atoms with Crippen molar-refractivity contribution in [3.05, 3.63) is 46.6 Å². The fourth-order valence-corrected chi connectivity index (χ4v) is 3.40. The van der Waals surface area contributed by atoms with Crippen molar-refractivity contribution in [1.82, 2.24) is 9.88 Å². The standard InChI is InChI=1S/C11H16BrN3.C8H11N5S/c1-9-7-10(12)8-13-11(9)15-5-3-14(2)4-6-15;9-12-5-13(10)8-3-1-7(2-4-8)11-6-14/h7-8H,3-6H2,1-2H3;1-6H,9-10H2,(H,11,14)/b;12-5-. The summed E-state index contributed by atoms with van der Waals surface area (Å²) in [5.74, 6) is 11.7. The summed E-state index contributed by atoms with van der Waals surface area (Å²) in [6.07, 6.45) is 3.20. The van der Waals surface area contributed by atoms with E-state index >= 15 is 0 Å². The molecule has 156 valence electrons. The van der Waals surface area contributed by atoms with E-state index in [1.165, 1.54) is 22.4 Å². The molecule has 0 saturated carbocycles. The Kier molecular flexibility index (Phi) is 9.26. The molecular formula is C19H27BrN8S. The molecule has 1 aromatic heterocycles. The lowest BCUT2D eigenvalue weighted by Crippen LogP contribution is -2.45. The molecule has 0 atom stereocenters. The third-order valence-electron chi connectivity index (χ3n) is 4.40. The molecule has 0 amide bonds. The lowest BCUT2D eigenvalue weighted by atomic mass is 10.2. The van der Waals surface area contributed by atoms with Gasteiger partial charge in [0.1, 0.15) is 12.2 Å². The summed E-state index contributed by atoms with van der Waals surface area (Å²) in [5, 5.41) is 7.51. The van der Waals surface area contributed by atoms with Gasteiger partial charge in [0.25, 0.3) is 0 Å². The van der Waals surface area contributed by atoms with E-state index in [9.17, 15) is 0 Å².